The lowest BCUT2D eigenvalue weighted by Gasteiger charge is -2.09. The second-order valence-corrected chi connectivity index (χ2v) is 7.82. The molecule has 7 heteroatoms. The zero-order valence-electron chi connectivity index (χ0n) is 11.2. The first-order chi connectivity index (χ1) is 9.92. The van der Waals surface area contributed by atoms with E-state index in [1.165, 1.54) is 6.07 Å². The fourth-order valence-corrected chi connectivity index (χ4v) is 4.26. The molecule has 2 rings (SSSR count). The van der Waals surface area contributed by atoms with Crippen LogP contribution in [0.4, 0.5) is 5.69 Å². The van der Waals surface area contributed by atoms with Gasteiger partial charge in [0.1, 0.15) is 4.21 Å². The van der Waals surface area contributed by atoms with E-state index in [1.54, 1.807) is 18.2 Å². The largest absolute Gasteiger partial charge is 0.320 e. The summed E-state index contributed by atoms with van der Waals surface area (Å²) in [5.41, 5.74) is 7.41. The van der Waals surface area contributed by atoms with Crippen LogP contribution in [-0.4, -0.2) is 15.0 Å². The minimum absolute atomic E-state index is 0.180. The minimum Gasteiger partial charge on any atom is -0.320 e. The van der Waals surface area contributed by atoms with Crippen LogP contribution in [0.15, 0.2) is 34.5 Å². The van der Waals surface area contributed by atoms with Crippen molar-refractivity contribution in [2.45, 2.75) is 11.1 Å². The summed E-state index contributed by atoms with van der Waals surface area (Å²) in [7, 11) is -3.62. The summed E-state index contributed by atoms with van der Waals surface area (Å²) >= 11 is 6.78. The third-order valence-electron chi connectivity index (χ3n) is 2.62. The zero-order chi connectivity index (χ0) is 15.5. The number of nitrogens with one attached hydrogen (secondary N) is 1. The Morgan fingerprint density at radius 3 is 2.67 bits per heavy atom. The van der Waals surface area contributed by atoms with E-state index in [1.807, 2.05) is 13.0 Å². The SMILES string of the molecule is Cc1cc(C#CCN)ccc1NS(=O)(=O)c1ccc(Cl)s1. The number of benzene rings is 1. The van der Waals surface area contributed by atoms with Gasteiger partial charge in [0, 0.05) is 5.56 Å². The van der Waals surface area contributed by atoms with Gasteiger partial charge in [-0.2, -0.15) is 0 Å². The van der Waals surface area contributed by atoms with Crippen LogP contribution in [0, 0.1) is 18.8 Å². The number of hydrogen-bond donors (Lipinski definition) is 2. The first kappa shape index (κ1) is 15.9. The van der Waals surface area contributed by atoms with Crippen molar-refractivity contribution in [1.29, 1.82) is 0 Å². The molecule has 3 N–H and O–H groups in total. The first-order valence-electron chi connectivity index (χ1n) is 6.00. The lowest BCUT2D eigenvalue weighted by molar-refractivity contribution is 0.603. The molecule has 0 spiro atoms. The van der Waals surface area contributed by atoms with Crippen LogP contribution in [0.25, 0.3) is 0 Å². The smallest absolute Gasteiger partial charge is 0.271 e. The number of anilines is 1. The Morgan fingerprint density at radius 1 is 1.33 bits per heavy atom. The van der Waals surface area contributed by atoms with E-state index in [2.05, 4.69) is 16.6 Å². The van der Waals surface area contributed by atoms with Gasteiger partial charge in [0.25, 0.3) is 10.0 Å². The van der Waals surface area contributed by atoms with Crippen LogP contribution in [-0.2, 0) is 10.0 Å². The average Bonchev–Trinajstić information content (AvgIpc) is 2.86. The molecular formula is C14H13ClN2O2S2. The number of rotatable bonds is 3. The highest BCUT2D eigenvalue weighted by Gasteiger charge is 2.17. The molecule has 0 bridgehead atoms. The third-order valence-corrected chi connectivity index (χ3v) is 5.71. The van der Waals surface area contributed by atoms with E-state index < -0.39 is 10.0 Å². The quantitative estimate of drug-likeness (QED) is 0.844. The van der Waals surface area contributed by atoms with E-state index >= 15 is 0 Å². The van der Waals surface area contributed by atoms with Gasteiger partial charge < -0.3 is 5.73 Å². The molecule has 1 aromatic heterocycles. The molecule has 21 heavy (non-hydrogen) atoms. The van der Waals surface area contributed by atoms with Crippen LogP contribution in [0.2, 0.25) is 4.34 Å². The van der Waals surface area contributed by atoms with Crippen LogP contribution in [0.1, 0.15) is 11.1 Å². The van der Waals surface area contributed by atoms with Crippen LogP contribution in [0.5, 0.6) is 0 Å². The van der Waals surface area contributed by atoms with Crippen molar-refractivity contribution in [3.63, 3.8) is 0 Å². The lowest BCUT2D eigenvalue weighted by atomic mass is 10.1. The standard InChI is InChI=1S/C14H13ClN2O2S2/c1-10-9-11(3-2-8-16)4-5-12(10)17-21(18,19)14-7-6-13(15)20-14/h4-7,9,17H,8,16H2,1H3. The van der Waals surface area contributed by atoms with Crippen molar-refractivity contribution < 1.29 is 8.42 Å². The molecule has 0 aliphatic heterocycles. The fourth-order valence-electron chi connectivity index (χ4n) is 1.65. The van der Waals surface area contributed by atoms with Crippen molar-refractivity contribution in [3.05, 3.63) is 45.8 Å². The molecule has 0 aliphatic rings. The van der Waals surface area contributed by atoms with Gasteiger partial charge in [-0.3, -0.25) is 4.72 Å². The summed E-state index contributed by atoms with van der Waals surface area (Å²) in [4.78, 5) is 0. The first-order valence-corrected chi connectivity index (χ1v) is 8.68. The molecule has 0 aliphatic carbocycles. The van der Waals surface area contributed by atoms with Crippen LogP contribution in [0.3, 0.4) is 0 Å². The summed E-state index contributed by atoms with van der Waals surface area (Å²) in [5, 5.41) is 0. The number of aryl methyl sites for hydroxylation is 1. The Morgan fingerprint density at radius 2 is 2.10 bits per heavy atom. The number of hydrogen-bond acceptors (Lipinski definition) is 4. The predicted molar refractivity (Wildman–Crippen MR) is 87.2 cm³/mol. The summed E-state index contributed by atoms with van der Waals surface area (Å²) in [6.07, 6.45) is 0. The molecule has 1 heterocycles. The molecule has 0 unspecified atom stereocenters. The Labute approximate surface area is 133 Å². The minimum atomic E-state index is -3.62. The highest BCUT2D eigenvalue weighted by atomic mass is 35.5. The summed E-state index contributed by atoms with van der Waals surface area (Å²) < 4.78 is 27.6. The van der Waals surface area contributed by atoms with E-state index in [-0.39, 0.29) is 10.8 Å². The van der Waals surface area contributed by atoms with E-state index in [4.69, 9.17) is 17.3 Å². The topological polar surface area (TPSA) is 72.2 Å². The van der Waals surface area contributed by atoms with Crippen molar-refractivity contribution in [2.75, 3.05) is 11.3 Å². The van der Waals surface area contributed by atoms with E-state index in [0.717, 1.165) is 22.5 Å². The second kappa shape index (κ2) is 6.50. The van der Waals surface area contributed by atoms with Crippen LogP contribution >= 0.6 is 22.9 Å². The Balaban J connectivity index is 2.27. The average molecular weight is 341 g/mol. The van der Waals surface area contributed by atoms with Crippen molar-refractivity contribution in [3.8, 4) is 11.8 Å². The number of nitrogens with two attached hydrogens (primary N) is 1. The molecule has 2 aromatic rings. The number of sulfonamides is 1. The number of halogens is 1. The molecular weight excluding hydrogens is 328 g/mol. The Hall–Kier alpha value is -1.52. The molecule has 0 amide bonds. The third kappa shape index (κ3) is 3.99. The van der Waals surface area contributed by atoms with Crippen molar-refractivity contribution in [2.24, 2.45) is 5.73 Å². The second-order valence-electron chi connectivity index (χ2n) is 4.20. The Kier molecular flexibility index (Phi) is 4.91. The molecule has 0 saturated heterocycles. The molecule has 0 radical (unpaired) electrons. The van der Waals surface area contributed by atoms with Gasteiger partial charge in [-0.1, -0.05) is 23.4 Å². The molecule has 4 nitrogen and oxygen atoms in total. The Bertz CT molecular complexity index is 817. The van der Waals surface area contributed by atoms with Gasteiger partial charge in [-0.05, 0) is 42.8 Å². The van der Waals surface area contributed by atoms with E-state index in [0.29, 0.717) is 10.0 Å². The van der Waals surface area contributed by atoms with Gasteiger partial charge in [0.15, 0.2) is 0 Å². The predicted octanol–water partition coefficient (Wildman–Crippen LogP) is 2.82. The molecule has 0 saturated carbocycles. The van der Waals surface area contributed by atoms with Crippen molar-refractivity contribution in [1.82, 2.24) is 0 Å². The maximum absolute atomic E-state index is 12.2. The molecule has 110 valence electrons. The summed E-state index contributed by atoms with van der Waals surface area (Å²) in [6.45, 7) is 2.10. The van der Waals surface area contributed by atoms with Gasteiger partial charge in [0.2, 0.25) is 0 Å². The molecule has 0 fully saturated rings. The van der Waals surface area contributed by atoms with Gasteiger partial charge in [-0.25, -0.2) is 8.42 Å². The lowest BCUT2D eigenvalue weighted by Crippen LogP contribution is -2.12. The maximum atomic E-state index is 12.2. The molecule has 1 aromatic carbocycles. The van der Waals surface area contributed by atoms with Gasteiger partial charge in [-0.15, -0.1) is 11.3 Å². The zero-order valence-corrected chi connectivity index (χ0v) is 13.6. The van der Waals surface area contributed by atoms with Gasteiger partial charge >= 0.3 is 0 Å². The monoisotopic (exact) mass is 340 g/mol. The number of thiophene rings is 1. The van der Waals surface area contributed by atoms with E-state index in [9.17, 15) is 8.42 Å². The summed E-state index contributed by atoms with van der Waals surface area (Å²) in [6, 6.07) is 8.27. The molecule has 0 atom stereocenters. The van der Waals surface area contributed by atoms with Crippen molar-refractivity contribution >= 4 is 38.6 Å². The van der Waals surface area contributed by atoms with Crippen LogP contribution < -0.4 is 10.5 Å². The highest BCUT2D eigenvalue weighted by Crippen LogP contribution is 2.28. The maximum Gasteiger partial charge on any atom is 0.271 e. The highest BCUT2D eigenvalue weighted by molar-refractivity contribution is 7.94. The van der Waals surface area contributed by atoms with Gasteiger partial charge in [0.05, 0.1) is 16.6 Å². The normalized spacial score (nSPS) is 10.8. The fraction of sp³-hybridized carbons (Fsp3) is 0.143. The summed E-state index contributed by atoms with van der Waals surface area (Å²) in [5.74, 6) is 5.66.